The number of hydrogen-bond donors (Lipinski definition) is 2. The van der Waals surface area contributed by atoms with Gasteiger partial charge in [0.15, 0.2) is 0 Å². The van der Waals surface area contributed by atoms with Crippen molar-refractivity contribution in [3.63, 3.8) is 0 Å². The zero-order chi connectivity index (χ0) is 21.4. The Balaban J connectivity index is 1.27. The van der Waals surface area contributed by atoms with Crippen LogP contribution in [0.4, 0.5) is 11.6 Å². The summed E-state index contributed by atoms with van der Waals surface area (Å²) in [7, 11) is 1.79. The molecule has 0 aliphatic heterocycles. The molecule has 0 unspecified atom stereocenters. The van der Waals surface area contributed by atoms with E-state index in [4.69, 9.17) is 0 Å². The highest BCUT2D eigenvalue weighted by molar-refractivity contribution is 5.78. The van der Waals surface area contributed by atoms with E-state index in [9.17, 15) is 4.79 Å². The van der Waals surface area contributed by atoms with E-state index in [1.807, 2.05) is 43.3 Å². The van der Waals surface area contributed by atoms with Crippen molar-refractivity contribution in [2.75, 3.05) is 10.6 Å². The molecular formula is C23H25N7O. The lowest BCUT2D eigenvalue weighted by Gasteiger charge is -2.15. The highest BCUT2D eigenvalue weighted by Crippen LogP contribution is 2.25. The normalized spacial score (nSPS) is 18.4. The van der Waals surface area contributed by atoms with Crippen molar-refractivity contribution >= 4 is 22.7 Å². The Bertz CT molecular complexity index is 1260. The Kier molecular flexibility index (Phi) is 4.89. The molecule has 0 saturated heterocycles. The number of hydrogen-bond acceptors (Lipinski definition) is 6. The Morgan fingerprint density at radius 1 is 0.871 bits per heavy atom. The molecule has 4 aromatic rings. The first kappa shape index (κ1) is 19.3. The van der Waals surface area contributed by atoms with Crippen molar-refractivity contribution in [3.05, 3.63) is 71.2 Å². The van der Waals surface area contributed by atoms with Gasteiger partial charge in [-0.2, -0.15) is 0 Å². The molecule has 31 heavy (non-hydrogen) atoms. The number of anilines is 2. The molecule has 8 nitrogen and oxygen atoms in total. The third-order valence-electron chi connectivity index (χ3n) is 5.89. The Hall–Kier alpha value is -3.68. The van der Waals surface area contributed by atoms with Gasteiger partial charge in [0.2, 0.25) is 0 Å². The third-order valence-corrected chi connectivity index (χ3v) is 5.89. The van der Waals surface area contributed by atoms with E-state index in [0.717, 1.165) is 53.3 Å². The quantitative estimate of drug-likeness (QED) is 0.520. The molecular weight excluding hydrogens is 390 g/mol. The van der Waals surface area contributed by atoms with E-state index >= 15 is 0 Å². The first-order chi connectivity index (χ1) is 15.1. The van der Waals surface area contributed by atoms with Gasteiger partial charge in [0.25, 0.3) is 0 Å². The fourth-order valence-electron chi connectivity index (χ4n) is 4.28. The predicted molar refractivity (Wildman–Crippen MR) is 122 cm³/mol. The Morgan fingerprint density at radius 2 is 1.58 bits per heavy atom. The smallest absolute Gasteiger partial charge is 0.333 e. The van der Waals surface area contributed by atoms with E-state index in [-0.39, 0.29) is 5.69 Å². The minimum atomic E-state index is -0.0763. The van der Waals surface area contributed by atoms with E-state index in [1.165, 1.54) is 0 Å². The highest BCUT2D eigenvalue weighted by atomic mass is 16.1. The van der Waals surface area contributed by atoms with Crippen LogP contribution in [-0.2, 0) is 7.05 Å². The largest absolute Gasteiger partial charge is 0.367 e. The van der Waals surface area contributed by atoms with Crippen LogP contribution in [0.25, 0.3) is 16.7 Å². The lowest BCUT2D eigenvalue weighted by molar-refractivity contribution is 0.719. The molecule has 5 rings (SSSR count). The number of nitrogens with one attached hydrogen (secondary N) is 2. The average molecular weight is 416 g/mol. The Labute approximate surface area is 180 Å². The van der Waals surface area contributed by atoms with Crippen molar-refractivity contribution in [2.24, 2.45) is 7.05 Å². The monoisotopic (exact) mass is 415 g/mol. The summed E-state index contributed by atoms with van der Waals surface area (Å²) in [6.45, 7) is 1.93. The second kappa shape index (κ2) is 7.86. The zero-order valence-corrected chi connectivity index (χ0v) is 17.6. The summed E-state index contributed by atoms with van der Waals surface area (Å²) >= 11 is 0. The van der Waals surface area contributed by atoms with Crippen LogP contribution in [0.2, 0.25) is 0 Å². The summed E-state index contributed by atoms with van der Waals surface area (Å²) in [6, 6.07) is 12.4. The van der Waals surface area contributed by atoms with E-state index in [2.05, 4.69) is 25.6 Å². The third kappa shape index (κ3) is 3.76. The van der Waals surface area contributed by atoms with E-state index in [1.54, 1.807) is 34.8 Å². The first-order valence-electron chi connectivity index (χ1n) is 10.5. The van der Waals surface area contributed by atoms with Gasteiger partial charge in [-0.15, -0.1) is 0 Å². The number of imidazole rings is 1. The molecule has 0 spiro atoms. The van der Waals surface area contributed by atoms with E-state index < -0.39 is 0 Å². The van der Waals surface area contributed by atoms with Crippen LogP contribution in [0.3, 0.4) is 0 Å². The van der Waals surface area contributed by atoms with Crippen molar-refractivity contribution < 1.29 is 0 Å². The van der Waals surface area contributed by atoms with Gasteiger partial charge in [0.1, 0.15) is 11.6 Å². The molecule has 3 aromatic heterocycles. The maximum Gasteiger partial charge on any atom is 0.333 e. The lowest BCUT2D eigenvalue weighted by Crippen LogP contribution is -2.22. The van der Waals surface area contributed by atoms with E-state index in [0.29, 0.717) is 12.1 Å². The second-order valence-electron chi connectivity index (χ2n) is 8.11. The zero-order valence-electron chi connectivity index (χ0n) is 17.6. The molecule has 0 radical (unpaired) electrons. The van der Waals surface area contributed by atoms with Gasteiger partial charge in [0, 0.05) is 19.1 Å². The summed E-state index contributed by atoms with van der Waals surface area (Å²) in [5, 5.41) is 6.99. The molecule has 1 aliphatic rings. The van der Waals surface area contributed by atoms with Gasteiger partial charge in [-0.3, -0.25) is 14.1 Å². The van der Waals surface area contributed by atoms with Gasteiger partial charge in [0.05, 0.1) is 41.0 Å². The number of aromatic nitrogens is 5. The molecule has 2 N–H and O–H groups in total. The minimum Gasteiger partial charge on any atom is -0.367 e. The van der Waals surface area contributed by atoms with Gasteiger partial charge in [-0.05, 0) is 50.5 Å². The fourth-order valence-corrected chi connectivity index (χ4v) is 4.28. The average Bonchev–Trinajstić information content (AvgIpc) is 3.33. The van der Waals surface area contributed by atoms with Crippen molar-refractivity contribution in [1.82, 2.24) is 24.1 Å². The van der Waals surface area contributed by atoms with Crippen LogP contribution in [0, 0.1) is 6.92 Å². The first-order valence-corrected chi connectivity index (χ1v) is 10.5. The number of benzene rings is 1. The van der Waals surface area contributed by atoms with Crippen LogP contribution in [0.15, 0.2) is 59.8 Å². The van der Waals surface area contributed by atoms with Crippen LogP contribution in [0.1, 0.15) is 25.0 Å². The maximum atomic E-state index is 12.7. The molecule has 1 saturated carbocycles. The van der Waals surface area contributed by atoms with Crippen molar-refractivity contribution in [1.29, 1.82) is 0 Å². The highest BCUT2D eigenvalue weighted by Gasteiger charge is 2.25. The molecule has 1 fully saturated rings. The summed E-state index contributed by atoms with van der Waals surface area (Å²) in [5.41, 5.74) is 3.37. The number of pyridine rings is 1. The number of rotatable bonds is 5. The van der Waals surface area contributed by atoms with Crippen LogP contribution >= 0.6 is 0 Å². The summed E-state index contributed by atoms with van der Waals surface area (Å²) in [5.74, 6) is 1.64. The van der Waals surface area contributed by atoms with Gasteiger partial charge in [-0.1, -0.05) is 12.1 Å². The number of para-hydroxylation sites is 2. The molecule has 3 heterocycles. The van der Waals surface area contributed by atoms with Gasteiger partial charge < -0.3 is 10.6 Å². The fraction of sp³-hybridized carbons (Fsp3) is 0.304. The van der Waals surface area contributed by atoms with Crippen LogP contribution in [0.5, 0.6) is 0 Å². The molecule has 8 heteroatoms. The molecule has 1 aliphatic carbocycles. The van der Waals surface area contributed by atoms with Crippen LogP contribution in [-0.4, -0.2) is 36.2 Å². The maximum absolute atomic E-state index is 12.7. The van der Waals surface area contributed by atoms with Gasteiger partial charge in [-0.25, -0.2) is 14.8 Å². The SMILES string of the molecule is Cc1cnc(N[C@H]2CC[C@H](Nc3ccc(-n4c(=O)n(C)c5ccccc54)cn3)C2)cn1. The number of nitrogens with zero attached hydrogens (tertiary/aromatic N) is 5. The molecule has 158 valence electrons. The van der Waals surface area contributed by atoms with Crippen molar-refractivity contribution in [2.45, 2.75) is 38.3 Å². The minimum absolute atomic E-state index is 0.0763. The summed E-state index contributed by atoms with van der Waals surface area (Å²) in [6.07, 6.45) is 8.43. The number of fused-ring (bicyclic) bond motifs is 1. The summed E-state index contributed by atoms with van der Waals surface area (Å²) < 4.78 is 3.36. The van der Waals surface area contributed by atoms with Crippen molar-refractivity contribution in [3.8, 4) is 5.69 Å². The van der Waals surface area contributed by atoms with Crippen LogP contribution < -0.4 is 16.3 Å². The second-order valence-corrected chi connectivity index (χ2v) is 8.11. The molecule has 0 bridgehead atoms. The standard InChI is InChI=1S/C23H25N7O/c1-15-12-25-22(14-24-15)28-17-8-7-16(11-17)27-21-10-9-18(13-26-21)30-20-6-4-3-5-19(20)29(2)23(30)31/h3-6,9-10,12-14,16-17H,7-8,11H2,1-2H3,(H,25,28)(H,26,27)/t16-,17-/m0/s1. The predicted octanol–water partition coefficient (Wildman–Crippen LogP) is 3.27. The molecule has 0 amide bonds. The molecule has 1 aromatic carbocycles. The summed E-state index contributed by atoms with van der Waals surface area (Å²) in [4.78, 5) is 26.0. The lowest BCUT2D eigenvalue weighted by atomic mass is 10.2. The topological polar surface area (TPSA) is 89.7 Å². The Morgan fingerprint density at radius 3 is 2.26 bits per heavy atom. The molecule has 2 atom stereocenters. The number of aryl methyl sites for hydroxylation is 2. The van der Waals surface area contributed by atoms with Gasteiger partial charge >= 0.3 is 5.69 Å².